The first-order valence-electron chi connectivity index (χ1n) is 4.37. The molecule has 0 unspecified atom stereocenters. The molecule has 0 bridgehead atoms. The van der Waals surface area contributed by atoms with Gasteiger partial charge in [-0.2, -0.15) is 0 Å². The van der Waals surface area contributed by atoms with Crippen molar-refractivity contribution in [1.29, 1.82) is 0 Å². The molecule has 4 heteroatoms. The summed E-state index contributed by atoms with van der Waals surface area (Å²) in [6.07, 6.45) is -2.43. The summed E-state index contributed by atoms with van der Waals surface area (Å²) in [5, 5.41) is 2.94. The minimum absolute atomic E-state index is 0.516. The first-order valence-corrected chi connectivity index (χ1v) is 4.37. The van der Waals surface area contributed by atoms with E-state index < -0.39 is 13.0 Å². The van der Waals surface area contributed by atoms with Gasteiger partial charge < -0.3 is 10.1 Å². The normalized spacial score (nSPS) is 10.6. The zero-order chi connectivity index (χ0) is 10.4. The van der Waals surface area contributed by atoms with E-state index in [0.717, 1.165) is 5.56 Å². The quantitative estimate of drug-likeness (QED) is 0.787. The van der Waals surface area contributed by atoms with Crippen LogP contribution in [0.15, 0.2) is 24.3 Å². The van der Waals surface area contributed by atoms with Gasteiger partial charge in [0.25, 0.3) is 6.43 Å². The van der Waals surface area contributed by atoms with Crippen LogP contribution in [-0.4, -0.2) is 20.1 Å². The van der Waals surface area contributed by atoms with Gasteiger partial charge in [0.2, 0.25) is 0 Å². The molecule has 0 aliphatic carbocycles. The Morgan fingerprint density at radius 2 is 2.07 bits per heavy atom. The van der Waals surface area contributed by atoms with Crippen LogP contribution >= 0.6 is 0 Å². The van der Waals surface area contributed by atoms with Gasteiger partial charge in [0, 0.05) is 12.1 Å². The molecule has 0 radical (unpaired) electrons. The van der Waals surface area contributed by atoms with Crippen molar-refractivity contribution in [3.63, 3.8) is 0 Å². The number of rotatable bonds is 5. The largest absolute Gasteiger partial charge is 0.487 e. The third-order valence-electron chi connectivity index (χ3n) is 1.70. The molecule has 78 valence electrons. The van der Waals surface area contributed by atoms with Crippen molar-refractivity contribution in [2.75, 3.05) is 13.7 Å². The monoisotopic (exact) mass is 201 g/mol. The molecule has 0 amide bonds. The molecule has 0 fully saturated rings. The number of ether oxygens (including phenoxy) is 1. The van der Waals surface area contributed by atoms with Crippen LogP contribution in [0.4, 0.5) is 8.78 Å². The molecule has 0 aromatic heterocycles. The first kappa shape index (κ1) is 10.9. The maximum Gasteiger partial charge on any atom is 0.272 e. The molecule has 0 saturated heterocycles. The molecule has 0 spiro atoms. The van der Waals surface area contributed by atoms with Gasteiger partial charge in [-0.1, -0.05) is 18.2 Å². The van der Waals surface area contributed by atoms with E-state index in [9.17, 15) is 8.78 Å². The van der Waals surface area contributed by atoms with Crippen molar-refractivity contribution in [3.8, 4) is 5.75 Å². The lowest BCUT2D eigenvalue weighted by molar-refractivity contribution is 0.0814. The molecule has 0 aliphatic rings. The van der Waals surface area contributed by atoms with Crippen molar-refractivity contribution in [2.45, 2.75) is 13.0 Å². The van der Waals surface area contributed by atoms with Crippen molar-refractivity contribution in [2.24, 2.45) is 0 Å². The lowest BCUT2D eigenvalue weighted by Gasteiger charge is -2.10. The lowest BCUT2D eigenvalue weighted by atomic mass is 10.2. The highest BCUT2D eigenvalue weighted by molar-refractivity contribution is 5.33. The molecule has 0 aliphatic heterocycles. The summed E-state index contributed by atoms with van der Waals surface area (Å²) in [4.78, 5) is 0. The molecule has 2 nitrogen and oxygen atoms in total. The highest BCUT2D eigenvalue weighted by Crippen LogP contribution is 2.18. The number of nitrogens with one attached hydrogen (secondary N) is 1. The second kappa shape index (κ2) is 5.54. The fourth-order valence-electron chi connectivity index (χ4n) is 1.13. The zero-order valence-electron chi connectivity index (χ0n) is 7.97. The Labute approximate surface area is 81.9 Å². The van der Waals surface area contributed by atoms with Gasteiger partial charge in [-0.25, -0.2) is 8.78 Å². The molecule has 1 aromatic rings. The van der Waals surface area contributed by atoms with E-state index in [4.69, 9.17) is 4.74 Å². The number of hydrogen-bond acceptors (Lipinski definition) is 2. The Kier molecular flexibility index (Phi) is 4.32. The second-order valence-electron chi connectivity index (χ2n) is 2.84. The smallest absolute Gasteiger partial charge is 0.272 e. The fraction of sp³-hybridized carbons (Fsp3) is 0.400. The number of hydrogen-bond donors (Lipinski definition) is 1. The van der Waals surface area contributed by atoms with Crippen molar-refractivity contribution < 1.29 is 13.5 Å². The standard InChI is InChI=1S/C10H13F2NO/c1-13-6-8-4-2-3-5-9(8)14-7-10(11)12/h2-5,10,13H,6-7H2,1H3. The summed E-state index contributed by atoms with van der Waals surface area (Å²) in [6.45, 7) is 0.0557. The van der Waals surface area contributed by atoms with Crippen molar-refractivity contribution in [1.82, 2.24) is 5.32 Å². The van der Waals surface area contributed by atoms with Gasteiger partial charge >= 0.3 is 0 Å². The van der Waals surface area contributed by atoms with Crippen LogP contribution in [0.5, 0.6) is 5.75 Å². The Balaban J connectivity index is 2.64. The van der Waals surface area contributed by atoms with Gasteiger partial charge in [0.05, 0.1) is 0 Å². The van der Waals surface area contributed by atoms with Crippen LogP contribution in [0, 0.1) is 0 Å². The van der Waals surface area contributed by atoms with E-state index in [1.165, 1.54) is 0 Å². The van der Waals surface area contributed by atoms with Gasteiger partial charge in [0.1, 0.15) is 12.4 Å². The summed E-state index contributed by atoms with van der Waals surface area (Å²) < 4.78 is 28.8. The number of alkyl halides is 2. The van der Waals surface area contributed by atoms with Crippen LogP contribution < -0.4 is 10.1 Å². The molecule has 0 saturated carbocycles. The van der Waals surface area contributed by atoms with E-state index in [2.05, 4.69) is 5.32 Å². The number of benzene rings is 1. The molecule has 1 N–H and O–H groups in total. The molecule has 1 aromatic carbocycles. The van der Waals surface area contributed by atoms with E-state index in [1.807, 2.05) is 12.1 Å². The van der Waals surface area contributed by atoms with E-state index in [0.29, 0.717) is 12.3 Å². The molecule has 1 rings (SSSR count). The average molecular weight is 201 g/mol. The second-order valence-corrected chi connectivity index (χ2v) is 2.84. The fourth-order valence-corrected chi connectivity index (χ4v) is 1.13. The Morgan fingerprint density at radius 3 is 2.71 bits per heavy atom. The van der Waals surface area contributed by atoms with Gasteiger partial charge in [-0.3, -0.25) is 0 Å². The van der Waals surface area contributed by atoms with Gasteiger partial charge in [0.15, 0.2) is 0 Å². The van der Waals surface area contributed by atoms with E-state index in [-0.39, 0.29) is 0 Å². The number of halogens is 2. The topological polar surface area (TPSA) is 21.3 Å². The van der Waals surface area contributed by atoms with Crippen LogP contribution in [0.25, 0.3) is 0 Å². The third-order valence-corrected chi connectivity index (χ3v) is 1.70. The molecule has 14 heavy (non-hydrogen) atoms. The minimum Gasteiger partial charge on any atom is -0.487 e. The highest BCUT2D eigenvalue weighted by Gasteiger charge is 2.06. The summed E-state index contributed by atoms with van der Waals surface area (Å²) >= 11 is 0. The average Bonchev–Trinajstić information content (AvgIpc) is 2.17. The molecule has 0 atom stereocenters. The van der Waals surface area contributed by atoms with Crippen molar-refractivity contribution >= 4 is 0 Å². The Morgan fingerprint density at radius 1 is 1.36 bits per heavy atom. The summed E-state index contributed by atoms with van der Waals surface area (Å²) in [6, 6.07) is 7.15. The maximum atomic E-state index is 11.9. The molecular weight excluding hydrogens is 188 g/mol. The minimum atomic E-state index is -2.43. The van der Waals surface area contributed by atoms with Crippen LogP contribution in [0.1, 0.15) is 5.56 Å². The third kappa shape index (κ3) is 3.30. The summed E-state index contributed by atoms with van der Waals surface area (Å²) in [7, 11) is 1.80. The lowest BCUT2D eigenvalue weighted by Crippen LogP contribution is -2.11. The molecule has 0 heterocycles. The van der Waals surface area contributed by atoms with Crippen LogP contribution in [-0.2, 0) is 6.54 Å². The SMILES string of the molecule is CNCc1ccccc1OCC(F)F. The van der Waals surface area contributed by atoms with Gasteiger partial charge in [-0.05, 0) is 13.1 Å². The maximum absolute atomic E-state index is 11.9. The van der Waals surface area contributed by atoms with Crippen LogP contribution in [0.3, 0.4) is 0 Å². The van der Waals surface area contributed by atoms with E-state index in [1.54, 1.807) is 19.2 Å². The van der Waals surface area contributed by atoms with Crippen LogP contribution in [0.2, 0.25) is 0 Å². The number of para-hydroxylation sites is 1. The van der Waals surface area contributed by atoms with E-state index >= 15 is 0 Å². The molecular formula is C10H13F2NO. The predicted molar refractivity (Wildman–Crippen MR) is 50.7 cm³/mol. The summed E-state index contributed by atoms with van der Waals surface area (Å²) in [5.41, 5.74) is 0.885. The summed E-state index contributed by atoms with van der Waals surface area (Å²) in [5.74, 6) is 0.516. The first-order chi connectivity index (χ1) is 6.74. The predicted octanol–water partition coefficient (Wildman–Crippen LogP) is 2.05. The Hall–Kier alpha value is -1.16. The van der Waals surface area contributed by atoms with Gasteiger partial charge in [-0.15, -0.1) is 0 Å². The zero-order valence-corrected chi connectivity index (χ0v) is 7.97. The van der Waals surface area contributed by atoms with Crippen molar-refractivity contribution in [3.05, 3.63) is 29.8 Å². The Bertz CT molecular complexity index is 279. The highest BCUT2D eigenvalue weighted by atomic mass is 19.3.